The van der Waals surface area contributed by atoms with Gasteiger partial charge in [0.1, 0.15) is 0 Å². The number of rotatable bonds is 5. The number of hydrogen-bond donors (Lipinski definition) is 1. The first-order chi connectivity index (χ1) is 7.16. The van der Waals surface area contributed by atoms with Gasteiger partial charge < -0.3 is 10.0 Å². The van der Waals surface area contributed by atoms with E-state index in [1.807, 2.05) is 4.90 Å². The lowest BCUT2D eigenvalue weighted by atomic mass is 10.0. The molecule has 3 heteroatoms. The highest BCUT2D eigenvalue weighted by atomic mass is 16.3. The zero-order chi connectivity index (χ0) is 11.3. The Morgan fingerprint density at radius 3 is 2.80 bits per heavy atom. The van der Waals surface area contributed by atoms with Gasteiger partial charge in [-0.1, -0.05) is 13.8 Å². The Kier molecular flexibility index (Phi) is 5.09. The average molecular weight is 213 g/mol. The van der Waals surface area contributed by atoms with E-state index in [-0.39, 0.29) is 12.5 Å². The van der Waals surface area contributed by atoms with Gasteiger partial charge in [-0.05, 0) is 31.6 Å². The second-order valence-electron chi connectivity index (χ2n) is 4.72. The summed E-state index contributed by atoms with van der Waals surface area (Å²) in [6, 6.07) is 0.451. The van der Waals surface area contributed by atoms with E-state index >= 15 is 0 Å². The normalized spacial score (nSPS) is 21.3. The zero-order valence-corrected chi connectivity index (χ0v) is 9.91. The van der Waals surface area contributed by atoms with E-state index < -0.39 is 0 Å². The van der Waals surface area contributed by atoms with Crippen LogP contribution in [0, 0.1) is 5.92 Å². The molecule has 88 valence electrons. The first-order valence-corrected chi connectivity index (χ1v) is 6.07. The van der Waals surface area contributed by atoms with Crippen molar-refractivity contribution in [1.82, 2.24) is 4.90 Å². The highest BCUT2D eigenvalue weighted by Crippen LogP contribution is 2.24. The number of hydrogen-bond acceptors (Lipinski definition) is 2. The van der Waals surface area contributed by atoms with Crippen molar-refractivity contribution in [3.63, 3.8) is 0 Å². The smallest absolute Gasteiger partial charge is 0.222 e. The first kappa shape index (κ1) is 12.5. The number of unbranched alkanes of at least 4 members (excludes halogenated alkanes) is 1. The molecule has 1 fully saturated rings. The molecule has 1 aliphatic rings. The molecule has 1 atom stereocenters. The Hall–Kier alpha value is -0.570. The molecule has 0 aromatic heterocycles. The number of amides is 1. The third-order valence-corrected chi connectivity index (χ3v) is 3.19. The van der Waals surface area contributed by atoms with Gasteiger partial charge >= 0.3 is 0 Å². The third-order valence-electron chi connectivity index (χ3n) is 3.19. The van der Waals surface area contributed by atoms with Crippen molar-refractivity contribution < 1.29 is 9.90 Å². The summed E-state index contributed by atoms with van der Waals surface area (Å²) in [4.78, 5) is 13.9. The summed E-state index contributed by atoms with van der Waals surface area (Å²) in [5.41, 5.74) is 0. The largest absolute Gasteiger partial charge is 0.396 e. The molecule has 1 unspecified atom stereocenters. The van der Waals surface area contributed by atoms with Gasteiger partial charge in [0.25, 0.3) is 0 Å². The van der Waals surface area contributed by atoms with Gasteiger partial charge in [0.2, 0.25) is 5.91 Å². The van der Waals surface area contributed by atoms with Crippen LogP contribution in [0.5, 0.6) is 0 Å². The highest BCUT2D eigenvalue weighted by molar-refractivity contribution is 5.76. The molecule has 1 heterocycles. The molecule has 1 rings (SSSR count). The molecule has 0 saturated carbocycles. The monoisotopic (exact) mass is 213 g/mol. The van der Waals surface area contributed by atoms with E-state index in [1.54, 1.807) is 0 Å². The Bertz CT molecular complexity index is 204. The van der Waals surface area contributed by atoms with Crippen molar-refractivity contribution in [2.75, 3.05) is 13.2 Å². The van der Waals surface area contributed by atoms with E-state index in [9.17, 15) is 4.79 Å². The van der Waals surface area contributed by atoms with E-state index in [0.29, 0.717) is 18.4 Å². The maximum atomic E-state index is 11.9. The number of carbonyl (C=O) groups is 1. The molecule has 1 N–H and O–H groups in total. The standard InChI is InChI=1S/C12H23NO2/c1-10(2)11-6-5-8-13(11)12(15)7-3-4-9-14/h10-11,14H,3-9H2,1-2H3. The van der Waals surface area contributed by atoms with Crippen LogP contribution in [0.4, 0.5) is 0 Å². The van der Waals surface area contributed by atoms with Crippen LogP contribution in [0.1, 0.15) is 46.0 Å². The van der Waals surface area contributed by atoms with Gasteiger partial charge in [0.15, 0.2) is 0 Å². The van der Waals surface area contributed by atoms with Gasteiger partial charge in [-0.2, -0.15) is 0 Å². The summed E-state index contributed by atoms with van der Waals surface area (Å²) in [6.45, 7) is 5.50. The number of likely N-dealkylation sites (tertiary alicyclic amines) is 1. The minimum absolute atomic E-state index is 0.195. The third kappa shape index (κ3) is 3.49. The predicted octanol–water partition coefficient (Wildman–Crippen LogP) is 1.80. The van der Waals surface area contributed by atoms with Crippen LogP contribution >= 0.6 is 0 Å². The molecule has 0 bridgehead atoms. The summed E-state index contributed by atoms with van der Waals surface area (Å²) in [5, 5.41) is 8.66. The molecule has 3 nitrogen and oxygen atoms in total. The number of aliphatic hydroxyl groups is 1. The van der Waals surface area contributed by atoms with Gasteiger partial charge in [0, 0.05) is 25.6 Å². The van der Waals surface area contributed by atoms with Crippen molar-refractivity contribution in [1.29, 1.82) is 0 Å². The summed E-state index contributed by atoms with van der Waals surface area (Å²) in [6.07, 6.45) is 4.46. The first-order valence-electron chi connectivity index (χ1n) is 6.07. The van der Waals surface area contributed by atoms with Gasteiger partial charge in [-0.3, -0.25) is 4.79 Å². The Morgan fingerprint density at radius 2 is 2.20 bits per heavy atom. The van der Waals surface area contributed by atoms with Crippen LogP contribution in [-0.2, 0) is 4.79 Å². The number of aliphatic hydroxyl groups excluding tert-OH is 1. The van der Waals surface area contributed by atoms with Crippen molar-refractivity contribution in [2.45, 2.75) is 52.0 Å². The van der Waals surface area contributed by atoms with Crippen molar-refractivity contribution in [3.05, 3.63) is 0 Å². The van der Waals surface area contributed by atoms with Gasteiger partial charge in [-0.15, -0.1) is 0 Å². The quantitative estimate of drug-likeness (QED) is 0.707. The lowest BCUT2D eigenvalue weighted by Gasteiger charge is -2.27. The molecular formula is C12H23NO2. The van der Waals surface area contributed by atoms with Crippen LogP contribution < -0.4 is 0 Å². The molecule has 15 heavy (non-hydrogen) atoms. The maximum absolute atomic E-state index is 11.9. The van der Waals surface area contributed by atoms with Crippen LogP contribution in [-0.4, -0.2) is 35.1 Å². The molecule has 0 aromatic carbocycles. The fourth-order valence-corrected chi connectivity index (χ4v) is 2.33. The Balaban J connectivity index is 2.37. The molecule has 1 amide bonds. The molecular weight excluding hydrogens is 190 g/mol. The number of carbonyl (C=O) groups excluding carboxylic acids is 1. The average Bonchev–Trinajstić information content (AvgIpc) is 2.66. The van der Waals surface area contributed by atoms with Crippen molar-refractivity contribution >= 4 is 5.91 Å². The summed E-state index contributed by atoms with van der Waals surface area (Å²) in [5.74, 6) is 0.842. The van der Waals surface area contributed by atoms with E-state index in [4.69, 9.17) is 5.11 Å². The molecule has 1 saturated heterocycles. The van der Waals surface area contributed by atoms with Gasteiger partial charge in [-0.25, -0.2) is 0 Å². The van der Waals surface area contributed by atoms with Crippen LogP contribution in [0.25, 0.3) is 0 Å². The van der Waals surface area contributed by atoms with Crippen molar-refractivity contribution in [2.24, 2.45) is 5.92 Å². The Labute approximate surface area is 92.5 Å². The minimum atomic E-state index is 0.195. The number of nitrogens with zero attached hydrogens (tertiary/aromatic N) is 1. The van der Waals surface area contributed by atoms with E-state index in [1.165, 1.54) is 0 Å². The van der Waals surface area contributed by atoms with Crippen molar-refractivity contribution in [3.8, 4) is 0 Å². The molecule has 0 radical (unpaired) electrons. The molecule has 0 aromatic rings. The minimum Gasteiger partial charge on any atom is -0.396 e. The van der Waals surface area contributed by atoms with Crippen LogP contribution in [0.2, 0.25) is 0 Å². The fraction of sp³-hybridized carbons (Fsp3) is 0.917. The lowest BCUT2D eigenvalue weighted by molar-refractivity contribution is -0.132. The van der Waals surface area contributed by atoms with Crippen LogP contribution in [0.3, 0.4) is 0 Å². The molecule has 1 aliphatic heterocycles. The van der Waals surface area contributed by atoms with E-state index in [2.05, 4.69) is 13.8 Å². The summed E-state index contributed by atoms with van der Waals surface area (Å²) < 4.78 is 0. The van der Waals surface area contributed by atoms with Crippen LogP contribution in [0.15, 0.2) is 0 Å². The maximum Gasteiger partial charge on any atom is 0.222 e. The SMILES string of the molecule is CC(C)C1CCCN1C(=O)CCCCO. The fourth-order valence-electron chi connectivity index (χ4n) is 2.33. The summed E-state index contributed by atoms with van der Waals surface area (Å²) >= 11 is 0. The second-order valence-corrected chi connectivity index (χ2v) is 4.72. The zero-order valence-electron chi connectivity index (χ0n) is 9.91. The lowest BCUT2D eigenvalue weighted by Crippen LogP contribution is -2.38. The predicted molar refractivity (Wildman–Crippen MR) is 60.5 cm³/mol. The summed E-state index contributed by atoms with van der Waals surface area (Å²) in [7, 11) is 0. The molecule has 0 aliphatic carbocycles. The topological polar surface area (TPSA) is 40.5 Å². The molecule has 0 spiro atoms. The Morgan fingerprint density at radius 1 is 1.47 bits per heavy atom. The van der Waals surface area contributed by atoms with E-state index in [0.717, 1.165) is 32.2 Å². The highest BCUT2D eigenvalue weighted by Gasteiger charge is 2.29. The second kappa shape index (κ2) is 6.11. The van der Waals surface area contributed by atoms with Gasteiger partial charge in [0.05, 0.1) is 0 Å².